The van der Waals surface area contributed by atoms with Crippen molar-refractivity contribution in [1.82, 2.24) is 0 Å². The van der Waals surface area contributed by atoms with Crippen LogP contribution in [0, 0.1) is 5.41 Å². The number of benzene rings is 1. The molecule has 0 radical (unpaired) electrons. The molecule has 0 aromatic heterocycles. The fourth-order valence-electron chi connectivity index (χ4n) is 3.72. The highest BCUT2D eigenvalue weighted by atomic mass is 32.2. The van der Waals surface area contributed by atoms with E-state index in [9.17, 15) is 32.1 Å². The zero-order chi connectivity index (χ0) is 24.7. The summed E-state index contributed by atoms with van der Waals surface area (Å²) in [7, 11) is 0. The molecular formula is C21H28F3NO6S. The fourth-order valence-corrected chi connectivity index (χ4v) is 5.14. The van der Waals surface area contributed by atoms with Gasteiger partial charge in [-0.15, -0.1) is 0 Å². The summed E-state index contributed by atoms with van der Waals surface area (Å²) in [6.45, 7) is 8.92. The number of carbonyl (C=O) groups is 2. The van der Waals surface area contributed by atoms with E-state index in [0.29, 0.717) is 5.56 Å². The Bertz CT molecular complexity index is 889. The van der Waals surface area contributed by atoms with E-state index in [2.05, 4.69) is 0 Å². The van der Waals surface area contributed by atoms with Gasteiger partial charge in [-0.1, -0.05) is 12.1 Å². The van der Waals surface area contributed by atoms with E-state index >= 15 is 0 Å². The number of hydrogen-bond acceptors (Lipinski definition) is 6. The molecule has 4 atom stereocenters. The fraction of sp³-hybridized carbons (Fsp3) is 0.619. The Labute approximate surface area is 187 Å². The quantitative estimate of drug-likeness (QED) is 0.486. The highest BCUT2D eigenvalue weighted by molar-refractivity contribution is 7.74. The van der Waals surface area contributed by atoms with Crippen LogP contribution in [0.2, 0.25) is 0 Å². The molecule has 1 fully saturated rings. The molecule has 2 unspecified atom stereocenters. The molecule has 0 bridgehead atoms. The first-order chi connectivity index (χ1) is 14.4. The molecule has 11 heteroatoms. The van der Waals surface area contributed by atoms with Gasteiger partial charge in [0.15, 0.2) is 0 Å². The van der Waals surface area contributed by atoms with Crippen molar-refractivity contribution in [2.75, 3.05) is 13.2 Å². The van der Waals surface area contributed by atoms with Gasteiger partial charge in [-0.25, -0.2) is 4.18 Å². The van der Waals surface area contributed by atoms with Crippen molar-refractivity contribution in [2.45, 2.75) is 65.2 Å². The van der Waals surface area contributed by atoms with E-state index in [-0.39, 0.29) is 13.2 Å². The topological polar surface area (TPSA) is 92.7 Å². The minimum atomic E-state index is -4.55. The van der Waals surface area contributed by atoms with Crippen molar-refractivity contribution in [3.8, 4) is 0 Å². The molecule has 1 amide bonds. The summed E-state index contributed by atoms with van der Waals surface area (Å²) in [5.41, 5.74) is -2.61. The number of amides is 1. The van der Waals surface area contributed by atoms with Crippen LogP contribution >= 0.6 is 0 Å². The second kappa shape index (κ2) is 8.75. The first-order valence-electron chi connectivity index (χ1n) is 9.94. The zero-order valence-corrected chi connectivity index (χ0v) is 19.6. The molecule has 32 heavy (non-hydrogen) atoms. The average Bonchev–Trinajstić information content (AvgIpc) is 2.98. The van der Waals surface area contributed by atoms with Gasteiger partial charge < -0.3 is 14.6 Å². The summed E-state index contributed by atoms with van der Waals surface area (Å²) in [5, 5.41) is 12.3. The first-order valence-corrected chi connectivity index (χ1v) is 11.0. The maximum Gasteiger partial charge on any atom is 0.416 e. The van der Waals surface area contributed by atoms with Crippen LogP contribution in [0.5, 0.6) is 0 Å². The lowest BCUT2D eigenvalue weighted by Crippen LogP contribution is -2.71. The number of quaternary nitrogens is 1. The SMILES string of the molecule is CC(C)(C)C(=O)OC[C@@H](c1ccc(C(F)(F)F)cc1)[C@H]1COS(=O)[N+]1(C(=O)[O-])C(C)(C)C. The lowest BCUT2D eigenvalue weighted by atomic mass is 9.88. The Kier molecular flexibility index (Phi) is 7.19. The largest absolute Gasteiger partial charge is 0.497 e. The van der Waals surface area contributed by atoms with Crippen molar-refractivity contribution in [3.63, 3.8) is 0 Å². The molecule has 0 spiro atoms. The molecule has 0 N–H and O–H groups in total. The van der Waals surface area contributed by atoms with Crippen molar-refractivity contribution in [1.29, 1.82) is 0 Å². The molecule has 1 aromatic carbocycles. The average molecular weight is 480 g/mol. The number of esters is 1. The molecule has 1 aromatic rings. The number of rotatable bonds is 4. The predicted molar refractivity (Wildman–Crippen MR) is 108 cm³/mol. The van der Waals surface area contributed by atoms with Gasteiger partial charge >= 0.3 is 23.4 Å². The van der Waals surface area contributed by atoms with Crippen LogP contribution in [0.15, 0.2) is 24.3 Å². The van der Waals surface area contributed by atoms with Gasteiger partial charge in [0.25, 0.3) is 6.09 Å². The summed E-state index contributed by atoms with van der Waals surface area (Å²) in [5.74, 6) is -1.50. The predicted octanol–water partition coefficient (Wildman–Crippen LogP) is 3.31. The van der Waals surface area contributed by atoms with Gasteiger partial charge in [0.2, 0.25) is 0 Å². The second-order valence-electron chi connectivity index (χ2n) is 9.74. The summed E-state index contributed by atoms with van der Waals surface area (Å²) in [4.78, 5) is 24.7. The second-order valence-corrected chi connectivity index (χ2v) is 11.0. The molecule has 2 rings (SSSR count). The Morgan fingerprint density at radius 2 is 1.69 bits per heavy atom. The van der Waals surface area contributed by atoms with Crippen LogP contribution in [-0.4, -0.2) is 45.0 Å². The summed E-state index contributed by atoms with van der Waals surface area (Å²) < 4.78 is 61.4. The minimum Gasteiger partial charge on any atom is -0.497 e. The lowest BCUT2D eigenvalue weighted by molar-refractivity contribution is -0.823. The van der Waals surface area contributed by atoms with E-state index in [4.69, 9.17) is 8.92 Å². The van der Waals surface area contributed by atoms with E-state index < -0.39 is 61.9 Å². The maximum atomic E-state index is 13.0. The molecule has 1 aliphatic heterocycles. The number of hydrogen-bond donors (Lipinski definition) is 0. The minimum absolute atomic E-state index is 0.281. The van der Waals surface area contributed by atoms with Crippen LogP contribution in [0.3, 0.4) is 0 Å². The third kappa shape index (κ3) is 4.84. The smallest absolute Gasteiger partial charge is 0.416 e. The van der Waals surface area contributed by atoms with Gasteiger partial charge in [0, 0.05) is 0 Å². The maximum absolute atomic E-state index is 13.0. The summed E-state index contributed by atoms with van der Waals surface area (Å²) >= 11 is -2.34. The normalized spacial score (nSPS) is 25.4. The van der Waals surface area contributed by atoms with Gasteiger partial charge in [0.05, 0.1) is 16.9 Å². The zero-order valence-electron chi connectivity index (χ0n) is 18.8. The molecule has 0 aliphatic carbocycles. The monoisotopic (exact) mass is 479 g/mol. The third-order valence-electron chi connectivity index (χ3n) is 5.45. The summed E-state index contributed by atoms with van der Waals surface area (Å²) in [6, 6.07) is 3.08. The Morgan fingerprint density at radius 1 is 1.16 bits per heavy atom. The summed E-state index contributed by atoms with van der Waals surface area (Å²) in [6.07, 6.45) is -6.21. The molecular weight excluding hydrogens is 451 g/mol. The molecule has 180 valence electrons. The van der Waals surface area contributed by atoms with Crippen LogP contribution in [-0.2, 0) is 31.2 Å². The Hall–Kier alpha value is -1.98. The van der Waals surface area contributed by atoms with Crippen molar-refractivity contribution >= 4 is 23.3 Å². The van der Waals surface area contributed by atoms with Crippen molar-refractivity contribution in [3.05, 3.63) is 35.4 Å². The van der Waals surface area contributed by atoms with E-state index in [1.807, 2.05) is 0 Å². The van der Waals surface area contributed by atoms with Crippen LogP contribution in [0.1, 0.15) is 58.6 Å². The first kappa shape index (κ1) is 26.3. The van der Waals surface area contributed by atoms with E-state index in [1.54, 1.807) is 41.5 Å². The van der Waals surface area contributed by atoms with Crippen LogP contribution < -0.4 is 5.11 Å². The molecule has 1 heterocycles. The van der Waals surface area contributed by atoms with E-state index in [0.717, 1.165) is 12.1 Å². The van der Waals surface area contributed by atoms with Gasteiger partial charge in [-0.05, 0) is 59.2 Å². The standard InChI is InChI=1S/C21H28F3NO6S/c1-19(2,3)17(26)30-11-15(13-7-9-14(10-8-13)21(22,23)24)16-12-31-32(29)25(16,18(27)28)20(4,5)6/h7-10,15-16H,11-12H2,1-6H3/t15-,16+,25?,32?/m0/s1. The molecule has 1 aliphatic rings. The highest BCUT2D eigenvalue weighted by Crippen LogP contribution is 2.43. The molecule has 7 nitrogen and oxygen atoms in total. The van der Waals surface area contributed by atoms with Gasteiger partial charge in [0.1, 0.15) is 24.8 Å². The third-order valence-corrected chi connectivity index (χ3v) is 7.22. The number of nitrogens with zero attached hydrogens (tertiary/aromatic N) is 1. The Morgan fingerprint density at radius 3 is 2.09 bits per heavy atom. The van der Waals surface area contributed by atoms with Crippen LogP contribution in [0.25, 0.3) is 0 Å². The van der Waals surface area contributed by atoms with Crippen molar-refractivity contribution < 1.29 is 44.9 Å². The number of ether oxygens (including phenoxy) is 1. The van der Waals surface area contributed by atoms with Crippen molar-refractivity contribution in [2.24, 2.45) is 5.41 Å². The lowest BCUT2D eigenvalue weighted by Gasteiger charge is -2.46. The molecule has 1 saturated heterocycles. The van der Waals surface area contributed by atoms with Gasteiger partial charge in [-0.3, -0.25) is 4.79 Å². The molecule has 0 saturated carbocycles. The van der Waals surface area contributed by atoms with E-state index in [1.165, 1.54) is 12.1 Å². The number of carbonyl (C=O) groups excluding carboxylic acids is 2. The number of halogens is 3. The Balaban J connectivity index is 2.58. The number of carboxylic acid groups (broad SMARTS) is 1. The highest BCUT2D eigenvalue weighted by Gasteiger charge is 2.63. The van der Waals surface area contributed by atoms with Gasteiger partial charge in [-0.2, -0.15) is 21.3 Å². The van der Waals surface area contributed by atoms with Crippen LogP contribution in [0.4, 0.5) is 18.0 Å². The number of alkyl halides is 3.